The van der Waals surface area contributed by atoms with Gasteiger partial charge >= 0.3 is 7.12 Å². The fraction of sp³-hybridized carbons (Fsp3) is 0. The van der Waals surface area contributed by atoms with Crippen molar-refractivity contribution in [3.8, 4) is 5.06 Å². The summed E-state index contributed by atoms with van der Waals surface area (Å²) in [7, 11) is -1.47. The maximum atomic E-state index is 9.42. The maximum absolute atomic E-state index is 9.42. The quantitative estimate of drug-likeness (QED) is 0.680. The van der Waals surface area contributed by atoms with Gasteiger partial charge in [0.15, 0.2) is 5.06 Å². The third-order valence-electron chi connectivity index (χ3n) is 1.93. The molecule has 0 bridgehead atoms. The van der Waals surface area contributed by atoms with Crippen LogP contribution in [0.25, 0.3) is 10.1 Å². The van der Waals surface area contributed by atoms with Crippen molar-refractivity contribution in [2.24, 2.45) is 0 Å². The largest absolute Gasteiger partial charge is 0.499 e. The SMILES string of the molecule is OB(O)c1ccc2c(Br)c(O)sc2c1. The van der Waals surface area contributed by atoms with Crippen LogP contribution in [0.3, 0.4) is 0 Å². The van der Waals surface area contributed by atoms with Gasteiger partial charge < -0.3 is 15.2 Å². The normalized spacial score (nSPS) is 10.8. The van der Waals surface area contributed by atoms with Crippen molar-refractivity contribution in [1.29, 1.82) is 0 Å². The van der Waals surface area contributed by atoms with Gasteiger partial charge in [-0.2, -0.15) is 0 Å². The minimum Gasteiger partial charge on any atom is -0.499 e. The fourth-order valence-electron chi connectivity index (χ4n) is 1.23. The topological polar surface area (TPSA) is 60.7 Å². The lowest BCUT2D eigenvalue weighted by atomic mass is 9.80. The molecule has 3 N–H and O–H groups in total. The summed E-state index contributed by atoms with van der Waals surface area (Å²) in [5.74, 6) is 0. The zero-order valence-electron chi connectivity index (χ0n) is 6.94. The molecule has 1 aromatic carbocycles. The smallest absolute Gasteiger partial charge is 0.488 e. The second-order valence-electron chi connectivity index (χ2n) is 2.85. The van der Waals surface area contributed by atoms with Gasteiger partial charge in [0.25, 0.3) is 0 Å². The van der Waals surface area contributed by atoms with Crippen LogP contribution in [0.15, 0.2) is 22.7 Å². The first kappa shape index (κ1) is 9.98. The van der Waals surface area contributed by atoms with E-state index in [1.165, 1.54) is 11.3 Å². The molecule has 72 valence electrons. The number of fused-ring (bicyclic) bond motifs is 1. The number of aromatic hydroxyl groups is 1. The van der Waals surface area contributed by atoms with Gasteiger partial charge in [0.05, 0.1) is 4.47 Å². The Kier molecular flexibility index (Phi) is 2.53. The minimum atomic E-state index is -1.47. The third-order valence-corrected chi connectivity index (χ3v) is 3.96. The molecule has 3 nitrogen and oxygen atoms in total. The van der Waals surface area contributed by atoms with Gasteiger partial charge in [-0.1, -0.05) is 23.5 Å². The molecule has 0 radical (unpaired) electrons. The Morgan fingerprint density at radius 1 is 1.29 bits per heavy atom. The van der Waals surface area contributed by atoms with E-state index >= 15 is 0 Å². The lowest BCUT2D eigenvalue weighted by molar-refractivity contribution is 0.426. The zero-order valence-corrected chi connectivity index (χ0v) is 9.34. The Morgan fingerprint density at radius 2 is 2.00 bits per heavy atom. The molecule has 14 heavy (non-hydrogen) atoms. The maximum Gasteiger partial charge on any atom is 0.488 e. The van der Waals surface area contributed by atoms with Gasteiger partial charge in [-0.05, 0) is 27.5 Å². The molecule has 0 saturated carbocycles. The Bertz CT molecular complexity index is 483. The van der Waals surface area contributed by atoms with Crippen LogP contribution in [-0.2, 0) is 0 Å². The van der Waals surface area contributed by atoms with Crippen molar-refractivity contribution in [3.05, 3.63) is 22.7 Å². The lowest BCUT2D eigenvalue weighted by Crippen LogP contribution is -2.29. The van der Waals surface area contributed by atoms with Crippen molar-refractivity contribution in [2.45, 2.75) is 0 Å². The Balaban J connectivity index is 2.67. The predicted molar refractivity (Wildman–Crippen MR) is 61.0 cm³/mol. The Hall–Kier alpha value is -0.555. The summed E-state index contributed by atoms with van der Waals surface area (Å²) in [5, 5.41) is 28.4. The average molecular weight is 273 g/mol. The summed E-state index contributed by atoms with van der Waals surface area (Å²) in [6, 6.07) is 5.00. The van der Waals surface area contributed by atoms with Crippen LogP contribution < -0.4 is 5.46 Å². The minimum absolute atomic E-state index is 0.199. The van der Waals surface area contributed by atoms with E-state index in [-0.39, 0.29) is 5.06 Å². The van der Waals surface area contributed by atoms with Crippen LogP contribution in [0.5, 0.6) is 5.06 Å². The number of benzene rings is 1. The van der Waals surface area contributed by atoms with Crippen molar-refractivity contribution >= 4 is 49.9 Å². The molecule has 1 heterocycles. The molecule has 0 aliphatic rings. The number of thiophene rings is 1. The zero-order chi connectivity index (χ0) is 10.3. The Morgan fingerprint density at radius 3 is 2.64 bits per heavy atom. The highest BCUT2D eigenvalue weighted by molar-refractivity contribution is 9.10. The van der Waals surface area contributed by atoms with Crippen LogP contribution in [0.1, 0.15) is 0 Å². The molecular formula is C8H6BBrO3S. The third kappa shape index (κ3) is 1.54. The number of hydrogen-bond acceptors (Lipinski definition) is 4. The number of rotatable bonds is 1. The molecule has 6 heteroatoms. The molecule has 2 rings (SSSR count). The number of halogens is 1. The van der Waals surface area contributed by atoms with Crippen LogP contribution in [0, 0.1) is 0 Å². The van der Waals surface area contributed by atoms with Crippen molar-refractivity contribution < 1.29 is 15.2 Å². The second kappa shape index (κ2) is 3.54. The first-order valence-electron chi connectivity index (χ1n) is 3.86. The number of hydrogen-bond donors (Lipinski definition) is 3. The van der Waals surface area contributed by atoms with Gasteiger partial charge in [0.2, 0.25) is 0 Å². The molecule has 0 unspecified atom stereocenters. The Labute approximate surface area is 92.9 Å². The molecule has 0 amide bonds. The molecule has 0 atom stereocenters. The average Bonchev–Trinajstić information content (AvgIpc) is 2.42. The van der Waals surface area contributed by atoms with Crippen molar-refractivity contribution in [3.63, 3.8) is 0 Å². The summed E-state index contributed by atoms with van der Waals surface area (Å²) in [5.41, 5.74) is 0.422. The summed E-state index contributed by atoms with van der Waals surface area (Å²) in [4.78, 5) is 0. The van der Waals surface area contributed by atoms with E-state index in [0.717, 1.165) is 10.1 Å². The molecule has 0 saturated heterocycles. The summed E-state index contributed by atoms with van der Waals surface area (Å²) >= 11 is 4.44. The predicted octanol–water partition coefficient (Wildman–Crippen LogP) is 1.05. The first-order chi connectivity index (χ1) is 6.59. The molecule has 0 spiro atoms. The van der Waals surface area contributed by atoms with Crippen molar-refractivity contribution in [1.82, 2.24) is 0 Å². The van der Waals surface area contributed by atoms with E-state index in [4.69, 9.17) is 10.0 Å². The molecular weight excluding hydrogens is 267 g/mol. The summed E-state index contributed by atoms with van der Waals surface area (Å²) in [6.07, 6.45) is 0. The molecule has 0 aliphatic carbocycles. The van der Waals surface area contributed by atoms with Gasteiger partial charge in [0, 0.05) is 10.1 Å². The van der Waals surface area contributed by atoms with E-state index in [0.29, 0.717) is 9.94 Å². The van der Waals surface area contributed by atoms with Crippen LogP contribution in [0.4, 0.5) is 0 Å². The van der Waals surface area contributed by atoms with E-state index in [2.05, 4.69) is 15.9 Å². The first-order valence-corrected chi connectivity index (χ1v) is 5.47. The van der Waals surface area contributed by atoms with E-state index < -0.39 is 7.12 Å². The van der Waals surface area contributed by atoms with Crippen LogP contribution in [0.2, 0.25) is 0 Å². The molecule has 0 aliphatic heterocycles. The lowest BCUT2D eigenvalue weighted by Gasteiger charge is -1.98. The molecule has 1 aromatic heterocycles. The van der Waals surface area contributed by atoms with Gasteiger partial charge in [0.1, 0.15) is 0 Å². The van der Waals surface area contributed by atoms with Gasteiger partial charge in [-0.25, -0.2) is 0 Å². The second-order valence-corrected chi connectivity index (χ2v) is 4.67. The highest BCUT2D eigenvalue weighted by Gasteiger charge is 2.14. The fourth-order valence-corrected chi connectivity index (χ4v) is 2.83. The highest BCUT2D eigenvalue weighted by atomic mass is 79.9. The standard InChI is InChI=1S/C8H6BBrO3S/c10-7-5-2-1-4(9(12)13)3-6(5)14-8(7)11/h1-3,11-13H. The van der Waals surface area contributed by atoms with Gasteiger partial charge in [-0.3, -0.25) is 0 Å². The van der Waals surface area contributed by atoms with E-state index in [1.807, 2.05) is 0 Å². The monoisotopic (exact) mass is 272 g/mol. The summed E-state index contributed by atoms with van der Waals surface area (Å²) < 4.78 is 1.47. The van der Waals surface area contributed by atoms with E-state index in [1.54, 1.807) is 18.2 Å². The summed E-state index contributed by atoms with van der Waals surface area (Å²) in [6.45, 7) is 0. The van der Waals surface area contributed by atoms with E-state index in [9.17, 15) is 5.11 Å². The highest BCUT2D eigenvalue weighted by Crippen LogP contribution is 2.39. The molecule has 2 aromatic rings. The molecule has 0 fully saturated rings. The van der Waals surface area contributed by atoms with Crippen molar-refractivity contribution in [2.75, 3.05) is 0 Å². The van der Waals surface area contributed by atoms with Gasteiger partial charge in [-0.15, -0.1) is 0 Å². The van der Waals surface area contributed by atoms with Crippen LogP contribution in [-0.4, -0.2) is 22.3 Å². The van der Waals surface area contributed by atoms with Crippen LogP contribution >= 0.6 is 27.3 Å².